The summed E-state index contributed by atoms with van der Waals surface area (Å²) in [6.07, 6.45) is 2.38. The minimum absolute atomic E-state index is 0.0417. The van der Waals surface area contributed by atoms with Gasteiger partial charge in [-0.2, -0.15) is 0 Å². The molecular formula is C10H23NO2. The van der Waals surface area contributed by atoms with Crippen molar-refractivity contribution in [3.63, 3.8) is 0 Å². The van der Waals surface area contributed by atoms with Crippen LogP contribution in [0.15, 0.2) is 0 Å². The fourth-order valence-electron chi connectivity index (χ4n) is 0.913. The molecule has 0 spiro atoms. The highest BCUT2D eigenvalue weighted by atomic mass is 16.5. The van der Waals surface area contributed by atoms with Crippen LogP contribution in [0.4, 0.5) is 0 Å². The van der Waals surface area contributed by atoms with E-state index in [0.717, 1.165) is 13.0 Å². The number of hydrogen-bond donors (Lipinski definition) is 2. The maximum atomic E-state index is 8.50. The molecule has 0 aromatic heterocycles. The number of nitrogens with one attached hydrogen (secondary N) is 1. The van der Waals surface area contributed by atoms with E-state index < -0.39 is 0 Å². The first-order valence-corrected chi connectivity index (χ1v) is 4.89. The predicted octanol–water partition coefficient (Wildman–Crippen LogP) is 1.16. The molecule has 1 atom stereocenters. The molecule has 1 rings (SSSR count). The van der Waals surface area contributed by atoms with E-state index in [1.54, 1.807) is 7.11 Å². The molecule has 1 aliphatic rings. The van der Waals surface area contributed by atoms with E-state index >= 15 is 0 Å². The van der Waals surface area contributed by atoms with E-state index in [1.807, 2.05) is 20.8 Å². The van der Waals surface area contributed by atoms with Crippen molar-refractivity contribution in [3.05, 3.63) is 0 Å². The van der Waals surface area contributed by atoms with Gasteiger partial charge >= 0.3 is 0 Å². The molecule has 1 aliphatic heterocycles. The lowest BCUT2D eigenvalue weighted by Crippen LogP contribution is -2.24. The van der Waals surface area contributed by atoms with Crippen molar-refractivity contribution in [3.8, 4) is 0 Å². The molecule has 1 heterocycles. The summed E-state index contributed by atoms with van der Waals surface area (Å²) in [5.74, 6) is 0. The van der Waals surface area contributed by atoms with E-state index in [-0.39, 0.29) is 5.60 Å². The zero-order chi connectivity index (χ0) is 10.3. The quantitative estimate of drug-likeness (QED) is 0.650. The average molecular weight is 189 g/mol. The topological polar surface area (TPSA) is 41.5 Å². The zero-order valence-electron chi connectivity index (χ0n) is 9.26. The second kappa shape index (κ2) is 6.35. The van der Waals surface area contributed by atoms with E-state index in [0.29, 0.717) is 12.6 Å². The third-order valence-corrected chi connectivity index (χ3v) is 2.00. The van der Waals surface area contributed by atoms with Crippen molar-refractivity contribution < 1.29 is 9.84 Å². The monoisotopic (exact) mass is 189 g/mol. The third-order valence-electron chi connectivity index (χ3n) is 2.00. The second-order valence-electron chi connectivity index (χ2n) is 4.29. The number of hydrogen-bond acceptors (Lipinski definition) is 3. The Morgan fingerprint density at radius 1 is 1.46 bits per heavy atom. The van der Waals surface area contributed by atoms with Crippen LogP contribution in [0.3, 0.4) is 0 Å². The maximum absolute atomic E-state index is 8.50. The molecule has 0 aromatic carbocycles. The highest BCUT2D eigenvalue weighted by Crippen LogP contribution is 2.02. The fraction of sp³-hybridized carbons (Fsp3) is 1.00. The Hall–Kier alpha value is -0.120. The SMILES string of the molecule is COC(C)(C)C.OCC1CCCN1. The van der Waals surface area contributed by atoms with Crippen LogP contribution in [0, 0.1) is 0 Å². The summed E-state index contributed by atoms with van der Waals surface area (Å²) < 4.78 is 4.94. The number of aliphatic hydroxyl groups excluding tert-OH is 1. The van der Waals surface area contributed by atoms with Crippen molar-refractivity contribution in [1.29, 1.82) is 0 Å². The van der Waals surface area contributed by atoms with Crippen LogP contribution < -0.4 is 5.32 Å². The van der Waals surface area contributed by atoms with Crippen LogP contribution in [-0.2, 0) is 4.74 Å². The Balaban J connectivity index is 0.000000226. The molecule has 2 N–H and O–H groups in total. The van der Waals surface area contributed by atoms with Gasteiger partial charge in [-0.1, -0.05) is 0 Å². The summed E-state index contributed by atoms with van der Waals surface area (Å²) in [5.41, 5.74) is 0.0417. The molecular weight excluding hydrogens is 166 g/mol. The molecule has 1 unspecified atom stereocenters. The molecule has 1 saturated heterocycles. The average Bonchev–Trinajstić information content (AvgIpc) is 2.56. The minimum Gasteiger partial charge on any atom is -0.395 e. The molecule has 0 saturated carbocycles. The van der Waals surface area contributed by atoms with Crippen molar-refractivity contribution in [1.82, 2.24) is 5.32 Å². The second-order valence-corrected chi connectivity index (χ2v) is 4.29. The third kappa shape index (κ3) is 8.22. The van der Waals surface area contributed by atoms with Crippen LogP contribution in [0.2, 0.25) is 0 Å². The lowest BCUT2D eigenvalue weighted by Gasteiger charge is -2.14. The van der Waals surface area contributed by atoms with Gasteiger partial charge in [0.05, 0.1) is 12.2 Å². The lowest BCUT2D eigenvalue weighted by atomic mass is 10.2. The molecule has 3 heteroatoms. The molecule has 1 fully saturated rings. The van der Waals surface area contributed by atoms with Crippen LogP contribution in [0.1, 0.15) is 33.6 Å². The first kappa shape index (κ1) is 12.9. The van der Waals surface area contributed by atoms with Crippen molar-refractivity contribution in [2.75, 3.05) is 20.3 Å². The minimum atomic E-state index is 0.0417. The predicted molar refractivity (Wildman–Crippen MR) is 54.9 cm³/mol. The van der Waals surface area contributed by atoms with E-state index in [2.05, 4.69) is 5.32 Å². The molecule has 0 radical (unpaired) electrons. The van der Waals surface area contributed by atoms with Gasteiger partial charge in [0.1, 0.15) is 0 Å². The normalized spacial score (nSPS) is 22.4. The van der Waals surface area contributed by atoms with Gasteiger partial charge < -0.3 is 15.2 Å². The first-order chi connectivity index (χ1) is 5.99. The molecule has 0 amide bonds. The molecule has 0 aromatic rings. The largest absolute Gasteiger partial charge is 0.395 e. The molecule has 0 bridgehead atoms. The maximum Gasteiger partial charge on any atom is 0.0594 e. The number of ether oxygens (including phenoxy) is 1. The Labute approximate surface area is 81.5 Å². The van der Waals surface area contributed by atoms with Crippen molar-refractivity contribution >= 4 is 0 Å². The van der Waals surface area contributed by atoms with Crippen LogP contribution >= 0.6 is 0 Å². The van der Waals surface area contributed by atoms with Crippen LogP contribution in [0.25, 0.3) is 0 Å². The summed E-state index contributed by atoms with van der Waals surface area (Å²) in [5, 5.41) is 11.7. The number of rotatable bonds is 1. The Morgan fingerprint density at radius 2 is 2.00 bits per heavy atom. The van der Waals surface area contributed by atoms with Crippen molar-refractivity contribution in [2.45, 2.75) is 45.3 Å². The lowest BCUT2D eigenvalue weighted by molar-refractivity contribution is 0.0397. The van der Waals surface area contributed by atoms with E-state index in [4.69, 9.17) is 9.84 Å². The standard InChI is InChI=1S/C5H11NO.C5H12O/c7-4-5-2-1-3-6-5;1-5(2,3)6-4/h5-7H,1-4H2;1-4H3. The molecule has 13 heavy (non-hydrogen) atoms. The summed E-state index contributed by atoms with van der Waals surface area (Å²) in [4.78, 5) is 0. The van der Waals surface area contributed by atoms with Gasteiger partial charge in [-0.15, -0.1) is 0 Å². The van der Waals surface area contributed by atoms with Crippen molar-refractivity contribution in [2.24, 2.45) is 0 Å². The van der Waals surface area contributed by atoms with Gasteiger partial charge in [-0.25, -0.2) is 0 Å². The summed E-state index contributed by atoms with van der Waals surface area (Å²) >= 11 is 0. The summed E-state index contributed by atoms with van der Waals surface area (Å²) in [6, 6.07) is 0.403. The molecule has 0 aliphatic carbocycles. The van der Waals surface area contributed by atoms with E-state index in [9.17, 15) is 0 Å². The number of methoxy groups -OCH3 is 1. The van der Waals surface area contributed by atoms with E-state index in [1.165, 1.54) is 6.42 Å². The molecule has 3 nitrogen and oxygen atoms in total. The van der Waals surface area contributed by atoms with Crippen LogP contribution in [-0.4, -0.2) is 37.0 Å². The van der Waals surface area contributed by atoms with Crippen LogP contribution in [0.5, 0.6) is 0 Å². The van der Waals surface area contributed by atoms with Gasteiger partial charge in [0, 0.05) is 13.2 Å². The highest BCUT2D eigenvalue weighted by molar-refractivity contribution is 4.71. The van der Waals surface area contributed by atoms with Gasteiger partial charge in [0.2, 0.25) is 0 Å². The van der Waals surface area contributed by atoms with Gasteiger partial charge in [0.15, 0.2) is 0 Å². The summed E-state index contributed by atoms with van der Waals surface area (Å²) in [7, 11) is 1.71. The van der Waals surface area contributed by atoms with Gasteiger partial charge in [-0.3, -0.25) is 0 Å². The van der Waals surface area contributed by atoms with Gasteiger partial charge in [-0.05, 0) is 40.2 Å². The van der Waals surface area contributed by atoms with Gasteiger partial charge in [0.25, 0.3) is 0 Å². The Bertz CT molecular complexity index is 115. The Kier molecular flexibility index (Phi) is 6.29. The first-order valence-electron chi connectivity index (χ1n) is 4.89. The number of aliphatic hydroxyl groups is 1. The Morgan fingerprint density at radius 3 is 2.15 bits per heavy atom. The molecule has 80 valence electrons. The summed E-state index contributed by atoms with van der Waals surface area (Å²) in [6.45, 7) is 7.46. The zero-order valence-corrected chi connectivity index (χ0v) is 9.26. The highest BCUT2D eigenvalue weighted by Gasteiger charge is 2.10. The fourth-order valence-corrected chi connectivity index (χ4v) is 0.913. The smallest absolute Gasteiger partial charge is 0.0594 e.